The molecule has 3 rings (SSSR count). The van der Waals surface area contributed by atoms with Crippen LogP contribution in [-0.4, -0.2) is 16.9 Å². The summed E-state index contributed by atoms with van der Waals surface area (Å²) in [5.41, 5.74) is 3.05. The van der Waals surface area contributed by atoms with E-state index in [-0.39, 0.29) is 22.3 Å². The summed E-state index contributed by atoms with van der Waals surface area (Å²) >= 11 is 6.76. The van der Waals surface area contributed by atoms with Crippen LogP contribution >= 0.6 is 23.6 Å². The first-order chi connectivity index (χ1) is 15.2. The van der Waals surface area contributed by atoms with Gasteiger partial charge in [-0.3, -0.25) is 14.9 Å². The highest BCUT2D eigenvalue weighted by molar-refractivity contribution is 7.80. The van der Waals surface area contributed by atoms with Gasteiger partial charge in [-0.2, -0.15) is 0 Å². The third-order valence-electron chi connectivity index (χ3n) is 4.57. The van der Waals surface area contributed by atoms with Gasteiger partial charge in [0.2, 0.25) is 5.91 Å². The second-order valence-electron chi connectivity index (χ2n) is 8.15. The molecule has 5 nitrogen and oxygen atoms in total. The standard InChI is InChI=1S/C25H25N3O2S2/c1-25(2,3)18-11-9-17(10-12-18)23(30)26-19-6-4-7-20(16-19)27-24(31)28-22(29)14-13-21-8-5-15-32-21/h4-16H,1-3H3,(H,26,30)(H2,27,28,29,31)/b14-13+. The van der Waals surface area contributed by atoms with Crippen molar-refractivity contribution in [2.45, 2.75) is 26.2 Å². The Kier molecular flexibility index (Phi) is 7.56. The van der Waals surface area contributed by atoms with E-state index in [1.54, 1.807) is 41.7 Å². The monoisotopic (exact) mass is 463 g/mol. The van der Waals surface area contributed by atoms with Crippen LogP contribution in [-0.2, 0) is 10.2 Å². The summed E-state index contributed by atoms with van der Waals surface area (Å²) in [5, 5.41) is 10.6. The molecule has 0 aliphatic heterocycles. The van der Waals surface area contributed by atoms with Gasteiger partial charge < -0.3 is 10.6 Å². The Morgan fingerprint density at radius 3 is 2.25 bits per heavy atom. The molecule has 0 saturated carbocycles. The molecule has 1 aromatic heterocycles. The number of amides is 2. The van der Waals surface area contributed by atoms with Crippen LogP contribution in [0.3, 0.4) is 0 Å². The molecule has 1 heterocycles. The lowest BCUT2D eigenvalue weighted by Gasteiger charge is -2.19. The summed E-state index contributed by atoms with van der Waals surface area (Å²) < 4.78 is 0. The van der Waals surface area contributed by atoms with Crippen molar-refractivity contribution in [3.63, 3.8) is 0 Å². The molecule has 0 saturated heterocycles. The van der Waals surface area contributed by atoms with E-state index >= 15 is 0 Å². The number of nitrogens with one attached hydrogen (secondary N) is 3. The summed E-state index contributed by atoms with van der Waals surface area (Å²) in [5.74, 6) is -0.517. The van der Waals surface area contributed by atoms with Gasteiger partial charge in [0.25, 0.3) is 5.91 Å². The highest BCUT2D eigenvalue weighted by Gasteiger charge is 2.14. The minimum absolute atomic E-state index is 0.0303. The average molecular weight is 464 g/mol. The zero-order chi connectivity index (χ0) is 23.1. The van der Waals surface area contributed by atoms with Crippen molar-refractivity contribution in [3.8, 4) is 0 Å². The van der Waals surface area contributed by atoms with Crippen molar-refractivity contribution >= 4 is 57.9 Å². The fraction of sp³-hybridized carbons (Fsp3) is 0.160. The number of thiocarbonyl (C=S) groups is 1. The third kappa shape index (κ3) is 6.87. The second-order valence-corrected chi connectivity index (χ2v) is 9.54. The Labute approximate surface area is 197 Å². The molecule has 3 aromatic rings. The SMILES string of the molecule is CC(C)(C)c1ccc(C(=O)Nc2cccc(NC(=S)NC(=O)/C=C/c3cccs3)c2)cc1. The first-order valence-corrected chi connectivity index (χ1v) is 11.3. The summed E-state index contributed by atoms with van der Waals surface area (Å²) in [6.07, 6.45) is 3.16. The number of hydrogen-bond donors (Lipinski definition) is 3. The van der Waals surface area contributed by atoms with Crippen LogP contribution in [0.15, 0.2) is 72.1 Å². The van der Waals surface area contributed by atoms with Crippen molar-refractivity contribution in [2.24, 2.45) is 0 Å². The second kappa shape index (κ2) is 10.3. The zero-order valence-electron chi connectivity index (χ0n) is 18.1. The highest BCUT2D eigenvalue weighted by atomic mass is 32.1. The normalized spacial score (nSPS) is 11.2. The van der Waals surface area contributed by atoms with Gasteiger partial charge in [0.05, 0.1) is 0 Å². The largest absolute Gasteiger partial charge is 0.332 e. The number of rotatable bonds is 5. The van der Waals surface area contributed by atoms with Crippen molar-refractivity contribution in [3.05, 3.63) is 88.1 Å². The van der Waals surface area contributed by atoms with Gasteiger partial charge in [-0.25, -0.2) is 0 Å². The number of carbonyl (C=O) groups excluding carboxylic acids is 2. The molecule has 0 fully saturated rings. The lowest BCUT2D eigenvalue weighted by Crippen LogP contribution is -2.32. The van der Waals surface area contributed by atoms with E-state index in [1.807, 2.05) is 41.8 Å². The van der Waals surface area contributed by atoms with Gasteiger partial charge >= 0.3 is 0 Å². The van der Waals surface area contributed by atoms with Crippen LogP contribution < -0.4 is 16.0 Å². The molecule has 3 N–H and O–H groups in total. The van der Waals surface area contributed by atoms with Gasteiger partial charge in [-0.05, 0) is 71.1 Å². The Morgan fingerprint density at radius 2 is 1.62 bits per heavy atom. The first kappa shape index (κ1) is 23.4. The molecular formula is C25H25N3O2S2. The van der Waals surface area contributed by atoms with E-state index in [2.05, 4.69) is 36.7 Å². The van der Waals surface area contributed by atoms with Crippen LogP contribution in [0.5, 0.6) is 0 Å². The fourth-order valence-corrected chi connectivity index (χ4v) is 3.70. The fourth-order valence-electron chi connectivity index (χ4n) is 2.86. The minimum atomic E-state index is -0.320. The molecule has 0 aliphatic rings. The predicted molar refractivity (Wildman–Crippen MR) is 137 cm³/mol. The van der Waals surface area contributed by atoms with E-state index in [0.717, 1.165) is 4.88 Å². The van der Waals surface area contributed by atoms with E-state index in [4.69, 9.17) is 12.2 Å². The Balaban J connectivity index is 1.57. The van der Waals surface area contributed by atoms with Gasteiger partial charge in [0.15, 0.2) is 5.11 Å². The highest BCUT2D eigenvalue weighted by Crippen LogP contribution is 2.23. The minimum Gasteiger partial charge on any atom is -0.332 e. The lowest BCUT2D eigenvalue weighted by atomic mass is 9.87. The van der Waals surface area contributed by atoms with Crippen molar-refractivity contribution in [2.75, 3.05) is 10.6 Å². The quantitative estimate of drug-likeness (QED) is 0.329. The van der Waals surface area contributed by atoms with Gasteiger partial charge in [0.1, 0.15) is 0 Å². The molecule has 2 aromatic carbocycles. The first-order valence-electron chi connectivity index (χ1n) is 10.1. The summed E-state index contributed by atoms with van der Waals surface area (Å²) in [4.78, 5) is 25.6. The maximum Gasteiger partial charge on any atom is 0.255 e. The number of carbonyl (C=O) groups is 2. The van der Waals surface area contributed by atoms with Crippen molar-refractivity contribution in [1.82, 2.24) is 5.32 Å². The van der Waals surface area contributed by atoms with Crippen LogP contribution in [0.1, 0.15) is 41.6 Å². The predicted octanol–water partition coefficient (Wildman–Crippen LogP) is 5.82. The van der Waals surface area contributed by atoms with Crippen LogP contribution in [0.4, 0.5) is 11.4 Å². The lowest BCUT2D eigenvalue weighted by molar-refractivity contribution is -0.115. The number of anilines is 2. The molecule has 32 heavy (non-hydrogen) atoms. The smallest absolute Gasteiger partial charge is 0.255 e. The van der Waals surface area contributed by atoms with Gasteiger partial charge in [0, 0.05) is 27.9 Å². The van der Waals surface area contributed by atoms with E-state index < -0.39 is 0 Å². The summed E-state index contributed by atoms with van der Waals surface area (Å²) in [6, 6.07) is 18.6. The summed E-state index contributed by atoms with van der Waals surface area (Å²) in [7, 11) is 0. The number of hydrogen-bond acceptors (Lipinski definition) is 4. The van der Waals surface area contributed by atoms with Gasteiger partial charge in [-0.15, -0.1) is 11.3 Å². The molecule has 7 heteroatoms. The van der Waals surface area contributed by atoms with E-state index in [1.165, 1.54) is 11.6 Å². The van der Waals surface area contributed by atoms with Crippen LogP contribution in [0.25, 0.3) is 6.08 Å². The summed E-state index contributed by atoms with van der Waals surface area (Å²) in [6.45, 7) is 6.40. The number of thiophene rings is 1. The molecule has 0 aliphatic carbocycles. The number of benzene rings is 2. The van der Waals surface area contributed by atoms with Gasteiger partial charge in [-0.1, -0.05) is 45.0 Å². The average Bonchev–Trinajstić information content (AvgIpc) is 3.25. The van der Waals surface area contributed by atoms with Crippen LogP contribution in [0.2, 0.25) is 0 Å². The molecule has 2 amide bonds. The molecule has 0 spiro atoms. The zero-order valence-corrected chi connectivity index (χ0v) is 19.8. The molecular weight excluding hydrogens is 438 g/mol. The molecule has 0 unspecified atom stereocenters. The van der Waals surface area contributed by atoms with E-state index in [9.17, 15) is 9.59 Å². The topological polar surface area (TPSA) is 70.2 Å². The van der Waals surface area contributed by atoms with Crippen molar-refractivity contribution < 1.29 is 9.59 Å². The molecule has 0 bridgehead atoms. The molecule has 164 valence electrons. The van der Waals surface area contributed by atoms with E-state index in [0.29, 0.717) is 16.9 Å². The molecule has 0 radical (unpaired) electrons. The maximum atomic E-state index is 12.6. The Hall–Kier alpha value is -3.29. The molecule has 0 atom stereocenters. The van der Waals surface area contributed by atoms with Crippen LogP contribution in [0, 0.1) is 0 Å². The Morgan fingerprint density at radius 1 is 0.938 bits per heavy atom. The van der Waals surface area contributed by atoms with Crippen molar-refractivity contribution in [1.29, 1.82) is 0 Å². The Bertz CT molecular complexity index is 1130. The third-order valence-corrected chi connectivity index (χ3v) is 5.61. The maximum absolute atomic E-state index is 12.6.